The lowest BCUT2D eigenvalue weighted by Gasteiger charge is -2.46. The zero-order valence-corrected chi connectivity index (χ0v) is 51.4. The monoisotopic (exact) mass is 1200 g/mol. The highest BCUT2D eigenvalue weighted by molar-refractivity contribution is 6.24. The third kappa shape index (κ3) is 9.15. The highest BCUT2D eigenvalue weighted by Gasteiger charge is 2.59. The fourth-order valence-corrected chi connectivity index (χ4v) is 16.1. The Morgan fingerprint density at radius 2 is 0.989 bits per heavy atom. The Balaban J connectivity index is 0.000000167. The van der Waals surface area contributed by atoms with Gasteiger partial charge in [-0.25, -0.2) is 40.5 Å². The summed E-state index contributed by atoms with van der Waals surface area (Å²) in [4.78, 5) is 112. The fraction of sp³-hybridized carbons (Fsp3) is 0.619. The number of nitrogens with zero attached hydrogens (tertiary/aromatic N) is 12. The molecule has 1 saturated carbocycles. The molecule has 10 atom stereocenters. The molecule has 0 spiro atoms. The van der Waals surface area contributed by atoms with Gasteiger partial charge in [-0.1, -0.05) is 75.0 Å². The molecule has 4 fully saturated rings. The molecule has 6 aliphatic carbocycles. The number of urea groups is 3. The number of amides is 9. The van der Waals surface area contributed by atoms with Crippen LogP contribution in [0.4, 0.5) is 31.8 Å². The second-order valence-corrected chi connectivity index (χ2v) is 27.0. The minimum Gasteiger partial charge on any atom is -0.361 e. The van der Waals surface area contributed by atoms with E-state index in [1.807, 2.05) is 34.0 Å². The number of Topliss-reactive ketones (excluding diaryl/α,β-unsaturated/α-hetero) is 2. The van der Waals surface area contributed by atoms with E-state index in [1.54, 1.807) is 75.8 Å². The third-order valence-electron chi connectivity index (χ3n) is 20.4. The van der Waals surface area contributed by atoms with Crippen molar-refractivity contribution in [2.45, 2.75) is 202 Å². The van der Waals surface area contributed by atoms with Crippen LogP contribution in [0, 0.1) is 42.7 Å². The van der Waals surface area contributed by atoms with Gasteiger partial charge in [0.2, 0.25) is 11.5 Å². The number of hydrogen-bond donors (Lipinski definition) is 3. The Morgan fingerprint density at radius 1 is 0.586 bits per heavy atom. The Morgan fingerprint density at radius 3 is 1.40 bits per heavy atom. The van der Waals surface area contributed by atoms with Crippen molar-refractivity contribution in [1.82, 2.24) is 50.4 Å². The number of rotatable bonds is 3. The zero-order valence-electron chi connectivity index (χ0n) is 52.4. The number of allylic oxidation sites excluding steroid dienone is 2. The van der Waals surface area contributed by atoms with Gasteiger partial charge in [0, 0.05) is 85.2 Å². The summed E-state index contributed by atoms with van der Waals surface area (Å²) >= 11 is 0. The lowest BCUT2D eigenvalue weighted by Crippen LogP contribution is -2.51. The van der Waals surface area contributed by atoms with Gasteiger partial charge >= 0.3 is 18.1 Å². The van der Waals surface area contributed by atoms with E-state index in [0.717, 1.165) is 77.2 Å². The maximum Gasteiger partial charge on any atom is 0.330 e. The van der Waals surface area contributed by atoms with E-state index in [-0.39, 0.29) is 90.9 Å². The standard InChI is InChI=1S/2C20H25N5O3.C20H23N5O3.3CH4/c1-10-13-7-6-12-15(20(13,4)8-11-9-21-28-14(10)11)23-24(5)16(12)25-17(26)19(2,3)22-18(25)27;2*1-10-12-8-7-11-15(20(12,4)9-13(21-5)14(10)26)23-24(6)16(11)25-17(27)19(2,3)22-18(25)28;;;/h9-10,13H,6-8H2,1-5H3,(H,22,27);10,12-13H,7-9H2,1-4,6H3,(H,22,28);9-10,12H,7-8H2,1-4,6H3,(H,22,28);3*1H4/t10-,13-,20-;10-,12-,13?,20-;10-,12-,20-;;;/m000.../s1/i;;;1T;;. The fourth-order valence-electron chi connectivity index (χ4n) is 16.1. The second kappa shape index (κ2) is 21.3. The summed E-state index contributed by atoms with van der Waals surface area (Å²) < 4.78 is 16.2. The molecule has 4 aromatic heterocycles. The van der Waals surface area contributed by atoms with Gasteiger partial charge in [-0.05, 0) is 104 Å². The molecule has 7 heterocycles. The summed E-state index contributed by atoms with van der Waals surface area (Å²) in [6.45, 7) is 37.3. The van der Waals surface area contributed by atoms with Gasteiger partial charge < -0.3 is 30.1 Å². The summed E-state index contributed by atoms with van der Waals surface area (Å²) in [5.41, 5.74) is 2.50. The highest BCUT2D eigenvalue weighted by Crippen LogP contribution is 2.57. The molecule has 0 radical (unpaired) electrons. The number of fused-ring (bicyclic) bond motifs is 10. The largest absolute Gasteiger partial charge is 0.361 e. The molecule has 1 unspecified atom stereocenters. The maximum atomic E-state index is 12.9. The lowest BCUT2D eigenvalue weighted by molar-refractivity contribution is -0.129. The van der Waals surface area contributed by atoms with Crippen LogP contribution < -0.4 is 30.7 Å². The van der Waals surface area contributed by atoms with E-state index in [4.69, 9.17) is 29.2 Å². The summed E-state index contributed by atoms with van der Waals surface area (Å²) in [6, 6.07) is -1.95. The smallest absolute Gasteiger partial charge is 0.330 e. The molecule has 3 aliphatic heterocycles. The number of anilines is 3. The summed E-state index contributed by atoms with van der Waals surface area (Å²) in [7, 11) is 6.52. The molecule has 24 heteroatoms. The van der Waals surface area contributed by atoms with Gasteiger partial charge in [-0.15, -0.1) is 0 Å². The molecule has 87 heavy (non-hydrogen) atoms. The van der Waals surface area contributed by atoms with Crippen LogP contribution in [0.1, 0.15) is 183 Å². The molecule has 9 aliphatic rings. The van der Waals surface area contributed by atoms with Crippen molar-refractivity contribution in [2.75, 3.05) is 14.7 Å². The predicted octanol–water partition coefficient (Wildman–Crippen LogP) is 8.40. The quantitative estimate of drug-likeness (QED) is 0.129. The van der Waals surface area contributed by atoms with Gasteiger partial charge in [-0.3, -0.25) is 33.2 Å². The Bertz CT molecular complexity index is 3760. The van der Waals surface area contributed by atoms with E-state index in [1.165, 1.54) is 22.1 Å². The highest BCUT2D eigenvalue weighted by atomic mass is 16.5. The van der Waals surface area contributed by atoms with Crippen molar-refractivity contribution in [3.05, 3.63) is 85.9 Å². The van der Waals surface area contributed by atoms with E-state index >= 15 is 0 Å². The van der Waals surface area contributed by atoms with Crippen LogP contribution in [-0.4, -0.2) is 105 Å². The van der Waals surface area contributed by atoms with Crippen molar-refractivity contribution >= 4 is 64.8 Å². The van der Waals surface area contributed by atoms with Gasteiger partial charge in [0.25, 0.3) is 23.8 Å². The molecular weight excluding hydrogens is 1110 g/mol. The van der Waals surface area contributed by atoms with Crippen LogP contribution in [0.2, 0.25) is 0 Å². The summed E-state index contributed by atoms with van der Waals surface area (Å²) in [5.74, 6) is 1.90. The molecular formula is C63H85N15O9. The minimum absolute atomic E-state index is 0. The third-order valence-corrected chi connectivity index (χ3v) is 20.4. The number of ketones is 2. The van der Waals surface area contributed by atoms with E-state index in [2.05, 4.69) is 56.7 Å². The number of carbonyl (C=O) groups excluding carboxylic acids is 8. The van der Waals surface area contributed by atoms with E-state index in [0.29, 0.717) is 42.6 Å². The molecule has 466 valence electrons. The maximum absolute atomic E-state index is 12.9. The van der Waals surface area contributed by atoms with Crippen LogP contribution in [0.3, 0.4) is 0 Å². The van der Waals surface area contributed by atoms with Crippen LogP contribution in [-0.2, 0) is 87.0 Å². The second-order valence-electron chi connectivity index (χ2n) is 27.0. The molecule has 3 N–H and O–H groups in total. The lowest BCUT2D eigenvalue weighted by atomic mass is 9.55. The Labute approximate surface area is 510 Å². The van der Waals surface area contributed by atoms with Crippen molar-refractivity contribution in [3.63, 3.8) is 0 Å². The van der Waals surface area contributed by atoms with Crippen molar-refractivity contribution in [1.29, 1.82) is 0 Å². The first-order chi connectivity index (χ1) is 40.2. The van der Waals surface area contributed by atoms with Gasteiger partial charge in [0.15, 0.2) is 5.78 Å². The molecule has 9 amide bonds. The Hall–Kier alpha value is -8.28. The number of aromatic nitrogens is 7. The topological polar surface area (TPSA) is 271 Å². The molecule has 0 aromatic carbocycles. The Kier molecular flexibility index (Phi) is 15.4. The number of nitrogens with one attached hydrogen (secondary N) is 3. The van der Waals surface area contributed by atoms with Crippen molar-refractivity contribution in [3.8, 4) is 0 Å². The zero-order chi connectivity index (χ0) is 63.2. The van der Waals surface area contributed by atoms with Crippen LogP contribution in [0.5, 0.6) is 0 Å². The molecule has 4 aromatic rings. The average molecular weight is 1200 g/mol. The van der Waals surface area contributed by atoms with Crippen LogP contribution in [0.15, 0.2) is 22.5 Å². The number of aryl methyl sites for hydroxylation is 3. The first-order valence-electron chi connectivity index (χ1n) is 29.9. The predicted molar refractivity (Wildman–Crippen MR) is 324 cm³/mol. The minimum atomic E-state index is -0.974. The first kappa shape index (κ1) is 63.2. The van der Waals surface area contributed by atoms with Gasteiger partial charge in [-0.2, -0.15) is 15.3 Å². The summed E-state index contributed by atoms with van der Waals surface area (Å²) in [5, 5.41) is 26.5. The van der Waals surface area contributed by atoms with E-state index in [9.17, 15) is 38.4 Å². The molecule has 24 nitrogen and oxygen atoms in total. The van der Waals surface area contributed by atoms with Crippen molar-refractivity contribution in [2.24, 2.45) is 50.7 Å². The van der Waals surface area contributed by atoms with Crippen LogP contribution in [0.25, 0.3) is 9.69 Å². The van der Waals surface area contributed by atoms with Gasteiger partial charge in [0.1, 0.15) is 39.8 Å². The normalized spacial score (nSPS) is 30.9. The van der Waals surface area contributed by atoms with Gasteiger partial charge in [0.05, 0.1) is 29.9 Å². The molecule has 0 bridgehead atoms. The van der Waals surface area contributed by atoms with Crippen LogP contribution >= 0.6 is 0 Å². The summed E-state index contributed by atoms with van der Waals surface area (Å²) in [6.07, 6.45) is 9.28. The van der Waals surface area contributed by atoms with Crippen molar-refractivity contribution < 1.29 is 44.3 Å². The number of hydrogen-bond acceptors (Lipinski definition) is 13. The average Bonchev–Trinajstić information content (AvgIpc) is 1.40. The SMILES string of the molecule is C.C.C[C@@H]1c2oncc2C[C@]2(C)c3nn(C)c(N4C(=O)NC(C)(C)C4=O)c3CC[C@@H]12.[3H]C.[C-]#[N+]C1=C[C@]2(C)c3nn(C)c(N4C(=O)NC(C)(C)C4=O)c3CC[C@H]2[C@H](C)C1=O.[C-]#[N+]C1C[C@]2(C)c3nn(C)c(N4C(=O)NC(C)(C)C4=O)c3CC[C@H]2[C@H](C)C1=O. The molecule has 13 rings (SSSR count). The van der Waals surface area contributed by atoms with E-state index < -0.39 is 45.6 Å². The number of carbonyl (C=O) groups is 8. The first-order valence-corrected chi connectivity index (χ1v) is 28.9. The number of imide groups is 3. The molecule has 3 saturated heterocycles.